The molecule has 236 valence electrons. The minimum absolute atomic E-state index is 0.352. The van der Waals surface area contributed by atoms with Gasteiger partial charge in [-0.3, -0.25) is 0 Å². The molecule has 10 N–H and O–H groups in total. The van der Waals surface area contributed by atoms with E-state index in [2.05, 4.69) is 0 Å². The van der Waals surface area contributed by atoms with Crippen LogP contribution in [0.1, 0.15) is 37.5 Å². The number of esters is 3. The summed E-state index contributed by atoms with van der Waals surface area (Å²) in [5.74, 6) is -14.0. The summed E-state index contributed by atoms with van der Waals surface area (Å²) in [4.78, 5) is 49.4. The summed E-state index contributed by atoms with van der Waals surface area (Å²) in [6.45, 7) is 0. The highest BCUT2D eigenvalue weighted by Gasteiger charge is 2.36. The molecule has 0 amide bonds. The second-order valence-electron chi connectivity index (χ2n) is 9.45. The van der Waals surface area contributed by atoms with Crippen LogP contribution in [0.4, 0.5) is 0 Å². The van der Waals surface area contributed by atoms with Crippen LogP contribution in [-0.4, -0.2) is 93.3 Å². The highest BCUT2D eigenvalue weighted by atomic mass is 16.6. The van der Waals surface area contributed by atoms with E-state index in [1.54, 1.807) is 0 Å². The van der Waals surface area contributed by atoms with Crippen molar-refractivity contribution < 1.29 is 84.5 Å². The smallest absolute Gasteiger partial charge is 0.343 e. The van der Waals surface area contributed by atoms with Crippen molar-refractivity contribution in [3.8, 4) is 51.7 Å². The van der Waals surface area contributed by atoms with Gasteiger partial charge in [0.2, 0.25) is 11.5 Å². The maximum absolute atomic E-state index is 12.9. The number of aliphatic carboxylic acids is 1. The Balaban J connectivity index is 1.56. The number of hydrogen-bond donors (Lipinski definition) is 10. The van der Waals surface area contributed by atoms with Crippen LogP contribution in [0.25, 0.3) is 0 Å². The second kappa shape index (κ2) is 12.2. The predicted octanol–water partition coefficient (Wildman–Crippen LogP) is 0.726. The molecule has 0 fully saturated rings. The molecule has 1 aliphatic carbocycles. The van der Waals surface area contributed by atoms with E-state index in [4.69, 9.17) is 14.2 Å². The molecule has 17 heteroatoms. The molecule has 0 aromatic heterocycles. The van der Waals surface area contributed by atoms with Gasteiger partial charge in [-0.25, -0.2) is 19.2 Å². The van der Waals surface area contributed by atoms with Crippen molar-refractivity contribution in [3.63, 3.8) is 0 Å². The van der Waals surface area contributed by atoms with Crippen molar-refractivity contribution in [2.24, 2.45) is 0 Å². The Bertz CT molecular complexity index is 1740. The topological polar surface area (TPSA) is 298 Å². The summed E-state index contributed by atoms with van der Waals surface area (Å²) in [6, 6.07) is 4.19. The van der Waals surface area contributed by atoms with Gasteiger partial charge in [0.1, 0.15) is 18.3 Å². The van der Waals surface area contributed by atoms with Gasteiger partial charge in [-0.1, -0.05) is 0 Å². The lowest BCUT2D eigenvalue weighted by atomic mass is 9.92. The molecule has 45 heavy (non-hydrogen) atoms. The zero-order chi connectivity index (χ0) is 33.3. The van der Waals surface area contributed by atoms with Crippen molar-refractivity contribution in [3.05, 3.63) is 64.7 Å². The van der Waals surface area contributed by atoms with Crippen LogP contribution in [0.2, 0.25) is 0 Å². The summed E-state index contributed by atoms with van der Waals surface area (Å²) in [6.07, 6.45) is -4.55. The maximum atomic E-state index is 12.9. The quantitative estimate of drug-likeness (QED) is 0.0977. The molecule has 0 radical (unpaired) electrons. The number of hydrogen-bond acceptors (Lipinski definition) is 16. The third kappa shape index (κ3) is 6.58. The molecular formula is C28H22O17. The SMILES string of the molecule is O=C(O)C1=C[C@@H](O)[C@@H](O)[C@@H](OC(=O)c2cc(O)c(O)c(OC(=O)c3cc(O)c(O)c(OC(=O)c4cc(O)c(O)c(O)c4)c3)c2)C1. The first-order chi connectivity index (χ1) is 21.1. The number of aromatic hydroxyl groups is 7. The maximum Gasteiger partial charge on any atom is 0.343 e. The van der Waals surface area contributed by atoms with Gasteiger partial charge in [0.25, 0.3) is 0 Å². The number of phenolic OH excluding ortho intramolecular Hbond substituents is 7. The molecule has 0 saturated carbocycles. The highest BCUT2D eigenvalue weighted by Crippen LogP contribution is 2.41. The second-order valence-corrected chi connectivity index (χ2v) is 9.45. The summed E-state index contributed by atoms with van der Waals surface area (Å²) >= 11 is 0. The summed E-state index contributed by atoms with van der Waals surface area (Å²) in [5.41, 5.74) is -2.06. The van der Waals surface area contributed by atoms with Gasteiger partial charge < -0.3 is 65.3 Å². The van der Waals surface area contributed by atoms with Gasteiger partial charge in [0.05, 0.1) is 16.7 Å². The third-order valence-electron chi connectivity index (χ3n) is 6.35. The zero-order valence-corrected chi connectivity index (χ0v) is 22.3. The van der Waals surface area contributed by atoms with Crippen LogP contribution < -0.4 is 9.47 Å². The summed E-state index contributed by atoms with van der Waals surface area (Å²) < 4.78 is 15.0. The zero-order valence-electron chi connectivity index (χ0n) is 22.3. The standard InChI is InChI=1S/C28H22O17/c29-13-2-10(3-14(30)21(13)34)26(40)44-19-7-12(5-16(32)23(19)36)28(42)45-20-8-11(4-17(33)24(20)37)27(41)43-18-6-9(25(38)39)1-15(31)22(18)35/h1-5,7-8,15,18,22,29-37H,6H2,(H,38,39)/t15-,18+,22-/m1/s1. The number of aliphatic hydroxyl groups is 2. The summed E-state index contributed by atoms with van der Waals surface area (Å²) in [7, 11) is 0. The first-order valence-electron chi connectivity index (χ1n) is 12.4. The van der Waals surface area contributed by atoms with Crippen molar-refractivity contribution in [2.75, 3.05) is 0 Å². The molecule has 0 heterocycles. The molecule has 1 aliphatic rings. The number of ether oxygens (including phenoxy) is 3. The minimum atomic E-state index is -1.71. The van der Waals surface area contributed by atoms with E-state index in [1.807, 2.05) is 0 Å². The van der Waals surface area contributed by atoms with E-state index in [1.165, 1.54) is 0 Å². The molecule has 0 spiro atoms. The Labute approximate surface area is 249 Å². The monoisotopic (exact) mass is 630 g/mol. The Morgan fingerprint density at radius 2 is 1.00 bits per heavy atom. The van der Waals surface area contributed by atoms with Crippen LogP contribution >= 0.6 is 0 Å². The fraction of sp³-hybridized carbons (Fsp3) is 0.143. The van der Waals surface area contributed by atoms with Gasteiger partial charge in [-0.15, -0.1) is 0 Å². The Kier molecular flexibility index (Phi) is 8.60. The third-order valence-corrected chi connectivity index (χ3v) is 6.35. The lowest BCUT2D eigenvalue weighted by molar-refractivity contribution is -0.134. The first-order valence-corrected chi connectivity index (χ1v) is 12.4. The van der Waals surface area contributed by atoms with E-state index in [-0.39, 0.29) is 5.57 Å². The van der Waals surface area contributed by atoms with E-state index >= 15 is 0 Å². The van der Waals surface area contributed by atoms with Crippen molar-refractivity contribution >= 4 is 23.9 Å². The van der Waals surface area contributed by atoms with Gasteiger partial charge in [-0.2, -0.15) is 0 Å². The van der Waals surface area contributed by atoms with Crippen LogP contribution in [0.15, 0.2) is 48.0 Å². The number of rotatable bonds is 7. The van der Waals surface area contributed by atoms with Crippen LogP contribution in [0, 0.1) is 0 Å². The Morgan fingerprint density at radius 3 is 1.44 bits per heavy atom. The minimum Gasteiger partial charge on any atom is -0.504 e. The predicted molar refractivity (Wildman–Crippen MR) is 142 cm³/mol. The average molecular weight is 630 g/mol. The fourth-order valence-electron chi connectivity index (χ4n) is 4.02. The molecule has 0 saturated heterocycles. The van der Waals surface area contributed by atoms with Gasteiger partial charge in [0, 0.05) is 12.0 Å². The number of carbonyl (C=O) groups is 4. The van der Waals surface area contributed by atoms with Crippen LogP contribution in [0.5, 0.6) is 51.7 Å². The van der Waals surface area contributed by atoms with Gasteiger partial charge >= 0.3 is 23.9 Å². The van der Waals surface area contributed by atoms with E-state index in [0.29, 0.717) is 30.3 Å². The number of aliphatic hydroxyl groups excluding tert-OH is 2. The molecule has 4 rings (SSSR count). The lowest BCUT2D eigenvalue weighted by Gasteiger charge is -2.29. The molecule has 3 aromatic rings. The number of carbonyl (C=O) groups excluding carboxylic acids is 3. The number of phenols is 7. The van der Waals surface area contributed by atoms with Crippen molar-refractivity contribution in [1.29, 1.82) is 0 Å². The molecule has 3 atom stereocenters. The normalized spacial score (nSPS) is 17.6. The number of carboxylic acids is 1. The molecule has 0 unspecified atom stereocenters. The largest absolute Gasteiger partial charge is 0.504 e. The number of carboxylic acid groups (broad SMARTS) is 1. The van der Waals surface area contributed by atoms with Crippen LogP contribution in [-0.2, 0) is 9.53 Å². The molecule has 0 aliphatic heterocycles. The molecule has 3 aromatic carbocycles. The summed E-state index contributed by atoms with van der Waals surface area (Å²) in [5, 5.41) is 98.3. The lowest BCUT2D eigenvalue weighted by Crippen LogP contribution is -2.43. The molecule has 0 bridgehead atoms. The molecular weight excluding hydrogens is 608 g/mol. The Morgan fingerprint density at radius 1 is 0.600 bits per heavy atom. The van der Waals surface area contributed by atoms with Crippen molar-refractivity contribution in [2.45, 2.75) is 24.7 Å². The fourth-order valence-corrected chi connectivity index (χ4v) is 4.02. The first kappa shape index (κ1) is 31.7. The van der Waals surface area contributed by atoms with E-state index < -0.39 is 117 Å². The molecule has 17 nitrogen and oxygen atoms in total. The van der Waals surface area contributed by atoms with E-state index in [9.17, 15) is 70.2 Å². The number of benzene rings is 3. The van der Waals surface area contributed by atoms with Gasteiger partial charge in [0.15, 0.2) is 40.2 Å². The van der Waals surface area contributed by atoms with Crippen LogP contribution in [0.3, 0.4) is 0 Å². The Hall–Kier alpha value is -6.20. The highest BCUT2D eigenvalue weighted by molar-refractivity contribution is 5.96. The van der Waals surface area contributed by atoms with E-state index in [0.717, 1.165) is 12.1 Å². The van der Waals surface area contributed by atoms with Crippen molar-refractivity contribution in [1.82, 2.24) is 0 Å². The average Bonchev–Trinajstić information content (AvgIpc) is 2.97. The van der Waals surface area contributed by atoms with Gasteiger partial charge in [-0.05, 0) is 42.5 Å².